The molecule has 0 aromatic rings. The van der Waals surface area contributed by atoms with Crippen molar-refractivity contribution in [3.05, 3.63) is 0 Å². The molecule has 0 saturated heterocycles. The Morgan fingerprint density at radius 3 is 2.39 bits per heavy atom. The zero-order valence-electron chi connectivity index (χ0n) is 12.8. The summed E-state index contributed by atoms with van der Waals surface area (Å²) in [5, 5.41) is 3.79. The molecular weight excluding hydrogens is 238 g/mol. The summed E-state index contributed by atoms with van der Waals surface area (Å²) in [7, 11) is 0. The molecule has 2 heteroatoms. The van der Waals surface area contributed by atoms with Crippen molar-refractivity contribution in [1.82, 2.24) is 5.32 Å². The van der Waals surface area contributed by atoms with Crippen LogP contribution in [0.25, 0.3) is 0 Å². The quantitative estimate of drug-likeness (QED) is 0.509. The fourth-order valence-corrected chi connectivity index (χ4v) is 3.31. The van der Waals surface area contributed by atoms with Crippen LogP contribution in [0.4, 0.5) is 0 Å². The predicted octanol–water partition coefficient (Wildman–Crippen LogP) is 4.86. The molecule has 1 unspecified atom stereocenters. The van der Waals surface area contributed by atoms with Crippen molar-refractivity contribution in [3.63, 3.8) is 0 Å². The molecule has 0 amide bonds. The van der Waals surface area contributed by atoms with Crippen molar-refractivity contribution in [3.8, 4) is 0 Å². The van der Waals surface area contributed by atoms with Crippen LogP contribution < -0.4 is 5.32 Å². The minimum Gasteiger partial charge on any atom is -0.313 e. The summed E-state index contributed by atoms with van der Waals surface area (Å²) >= 11 is 2.10. The molecule has 18 heavy (non-hydrogen) atoms. The maximum absolute atomic E-state index is 3.79. The zero-order chi connectivity index (χ0) is 13.3. The summed E-state index contributed by atoms with van der Waals surface area (Å²) in [4.78, 5) is 0. The van der Waals surface area contributed by atoms with E-state index in [1.807, 2.05) is 0 Å². The van der Waals surface area contributed by atoms with Gasteiger partial charge < -0.3 is 5.32 Å². The van der Waals surface area contributed by atoms with E-state index in [4.69, 9.17) is 0 Å². The van der Waals surface area contributed by atoms with Crippen molar-refractivity contribution in [2.75, 3.05) is 18.1 Å². The molecule has 1 saturated carbocycles. The summed E-state index contributed by atoms with van der Waals surface area (Å²) in [5.41, 5.74) is 0.590. The second-order valence-corrected chi connectivity index (χ2v) is 7.31. The van der Waals surface area contributed by atoms with E-state index < -0.39 is 0 Å². The molecule has 1 aliphatic carbocycles. The second kappa shape index (κ2) is 9.25. The van der Waals surface area contributed by atoms with Crippen LogP contribution in [0, 0.1) is 5.41 Å². The highest BCUT2D eigenvalue weighted by atomic mass is 32.2. The van der Waals surface area contributed by atoms with Crippen LogP contribution in [0.5, 0.6) is 0 Å². The molecule has 1 fully saturated rings. The van der Waals surface area contributed by atoms with Crippen LogP contribution in [0.3, 0.4) is 0 Å². The Labute approximate surface area is 119 Å². The molecule has 1 atom stereocenters. The summed E-state index contributed by atoms with van der Waals surface area (Å²) in [5.74, 6) is 2.63. The highest BCUT2D eigenvalue weighted by Crippen LogP contribution is 2.35. The molecule has 0 bridgehead atoms. The third kappa shape index (κ3) is 6.47. The van der Waals surface area contributed by atoms with Crippen molar-refractivity contribution in [2.45, 2.75) is 78.2 Å². The summed E-state index contributed by atoms with van der Waals surface area (Å²) in [6, 6.07) is 0.863. The molecule has 1 nitrogen and oxygen atoms in total. The Bertz CT molecular complexity index is 203. The van der Waals surface area contributed by atoms with Crippen LogP contribution in [0.1, 0.15) is 72.1 Å². The largest absolute Gasteiger partial charge is 0.313 e. The first-order chi connectivity index (χ1) is 8.76. The smallest absolute Gasteiger partial charge is 0.00684 e. The average molecular weight is 272 g/mol. The first-order valence-electron chi connectivity index (χ1n) is 8.07. The van der Waals surface area contributed by atoms with Gasteiger partial charge in [-0.3, -0.25) is 0 Å². The molecule has 0 spiro atoms. The average Bonchev–Trinajstić information content (AvgIpc) is 3.21. The molecule has 0 aliphatic heterocycles. The maximum atomic E-state index is 3.79. The SMILES string of the molecule is CCCCC(CC)(CCCSCC)CNC1CC1. The molecule has 1 N–H and O–H groups in total. The molecule has 1 rings (SSSR count). The third-order valence-corrected chi connectivity index (χ3v) is 5.34. The lowest BCUT2D eigenvalue weighted by Crippen LogP contribution is -2.35. The van der Waals surface area contributed by atoms with E-state index in [0.29, 0.717) is 5.41 Å². The van der Waals surface area contributed by atoms with Gasteiger partial charge in [0.15, 0.2) is 0 Å². The highest BCUT2D eigenvalue weighted by molar-refractivity contribution is 7.99. The monoisotopic (exact) mass is 271 g/mol. The van der Waals surface area contributed by atoms with E-state index in [-0.39, 0.29) is 0 Å². The Hall–Kier alpha value is 0.310. The van der Waals surface area contributed by atoms with Crippen molar-refractivity contribution in [2.24, 2.45) is 5.41 Å². The Morgan fingerprint density at radius 2 is 1.83 bits per heavy atom. The Morgan fingerprint density at radius 1 is 1.11 bits per heavy atom. The minimum atomic E-state index is 0.590. The van der Waals surface area contributed by atoms with Gasteiger partial charge in [0, 0.05) is 12.6 Å². The van der Waals surface area contributed by atoms with Gasteiger partial charge in [0.1, 0.15) is 0 Å². The van der Waals surface area contributed by atoms with Crippen LogP contribution in [0.2, 0.25) is 0 Å². The van der Waals surface area contributed by atoms with E-state index in [0.717, 1.165) is 6.04 Å². The van der Waals surface area contributed by atoms with E-state index in [1.165, 1.54) is 69.4 Å². The fraction of sp³-hybridized carbons (Fsp3) is 1.00. The molecular formula is C16H33NS. The van der Waals surface area contributed by atoms with E-state index in [2.05, 4.69) is 37.8 Å². The number of hydrogen-bond donors (Lipinski definition) is 1. The van der Waals surface area contributed by atoms with E-state index in [1.54, 1.807) is 0 Å². The van der Waals surface area contributed by atoms with Gasteiger partial charge in [0.25, 0.3) is 0 Å². The van der Waals surface area contributed by atoms with Gasteiger partial charge in [0.2, 0.25) is 0 Å². The normalized spacial score (nSPS) is 18.8. The van der Waals surface area contributed by atoms with Crippen LogP contribution >= 0.6 is 11.8 Å². The fourth-order valence-electron chi connectivity index (χ4n) is 2.67. The third-order valence-electron chi connectivity index (χ3n) is 4.35. The lowest BCUT2D eigenvalue weighted by molar-refractivity contribution is 0.209. The van der Waals surface area contributed by atoms with Gasteiger partial charge in [-0.15, -0.1) is 0 Å². The van der Waals surface area contributed by atoms with Gasteiger partial charge in [-0.2, -0.15) is 11.8 Å². The van der Waals surface area contributed by atoms with Gasteiger partial charge in [-0.25, -0.2) is 0 Å². The standard InChI is InChI=1S/C16H33NS/c1-4-7-11-16(5-2,12-8-13-18-6-3)14-17-15-9-10-15/h15,17H,4-14H2,1-3H3. The Balaban J connectivity index is 2.34. The molecule has 1 aliphatic rings. The molecule has 0 radical (unpaired) electrons. The number of rotatable bonds is 12. The second-order valence-electron chi connectivity index (χ2n) is 5.91. The predicted molar refractivity (Wildman–Crippen MR) is 85.5 cm³/mol. The van der Waals surface area contributed by atoms with Crippen molar-refractivity contribution < 1.29 is 0 Å². The zero-order valence-corrected chi connectivity index (χ0v) is 13.6. The molecule has 0 aromatic heterocycles. The number of nitrogens with one attached hydrogen (secondary N) is 1. The highest BCUT2D eigenvalue weighted by Gasteiger charge is 2.30. The number of thioether (sulfide) groups is 1. The lowest BCUT2D eigenvalue weighted by atomic mass is 9.76. The van der Waals surface area contributed by atoms with Gasteiger partial charge in [-0.05, 0) is 55.4 Å². The first kappa shape index (κ1) is 16.4. The summed E-state index contributed by atoms with van der Waals surface area (Å²) < 4.78 is 0. The first-order valence-corrected chi connectivity index (χ1v) is 9.23. The number of hydrogen-bond acceptors (Lipinski definition) is 2. The van der Waals surface area contributed by atoms with E-state index in [9.17, 15) is 0 Å². The van der Waals surface area contributed by atoms with Crippen molar-refractivity contribution >= 4 is 11.8 Å². The number of unbranched alkanes of at least 4 members (excludes halogenated alkanes) is 1. The molecule has 108 valence electrons. The van der Waals surface area contributed by atoms with Crippen LogP contribution in [-0.2, 0) is 0 Å². The maximum Gasteiger partial charge on any atom is 0.00684 e. The van der Waals surface area contributed by atoms with Crippen molar-refractivity contribution in [1.29, 1.82) is 0 Å². The Kier molecular flexibility index (Phi) is 8.41. The van der Waals surface area contributed by atoms with Crippen LogP contribution in [-0.4, -0.2) is 24.1 Å². The lowest BCUT2D eigenvalue weighted by Gasteiger charge is -2.33. The van der Waals surface area contributed by atoms with E-state index >= 15 is 0 Å². The molecule has 0 heterocycles. The van der Waals surface area contributed by atoms with Crippen LogP contribution in [0.15, 0.2) is 0 Å². The minimum absolute atomic E-state index is 0.590. The summed E-state index contributed by atoms with van der Waals surface area (Å²) in [6.45, 7) is 8.26. The van der Waals surface area contributed by atoms with Gasteiger partial charge >= 0.3 is 0 Å². The van der Waals surface area contributed by atoms with Gasteiger partial charge in [-0.1, -0.05) is 33.6 Å². The molecule has 0 aromatic carbocycles. The van der Waals surface area contributed by atoms with Gasteiger partial charge in [0.05, 0.1) is 0 Å². The topological polar surface area (TPSA) is 12.0 Å². The summed E-state index contributed by atoms with van der Waals surface area (Å²) in [6.07, 6.45) is 11.2.